The summed E-state index contributed by atoms with van der Waals surface area (Å²) < 4.78 is 1.06. The Balaban J connectivity index is 2.20. The highest BCUT2D eigenvalue weighted by molar-refractivity contribution is 14.1. The number of nitrogens with two attached hydrogens (primary N) is 1. The highest BCUT2D eigenvalue weighted by Crippen LogP contribution is 2.30. The molecule has 0 amide bonds. The maximum absolute atomic E-state index is 8.71. The first-order chi connectivity index (χ1) is 8.19. The Bertz CT molecular complexity index is 573. The Hall–Kier alpha value is -1.19. The standard InChI is InChI=1S/C13H9IN2S/c14-12-7-11(5-6-13(12)16)17-10-3-1-9(8-15)2-4-10/h1-7H,16H2. The second-order valence-corrected chi connectivity index (χ2v) is 5.73. The summed E-state index contributed by atoms with van der Waals surface area (Å²) in [5.74, 6) is 0. The summed E-state index contributed by atoms with van der Waals surface area (Å²) in [6.07, 6.45) is 0. The van der Waals surface area contributed by atoms with Gasteiger partial charge in [-0.1, -0.05) is 11.8 Å². The van der Waals surface area contributed by atoms with E-state index in [1.807, 2.05) is 36.4 Å². The molecular weight excluding hydrogens is 343 g/mol. The van der Waals surface area contributed by atoms with Crippen LogP contribution >= 0.6 is 34.4 Å². The molecule has 2 aromatic rings. The van der Waals surface area contributed by atoms with Crippen molar-refractivity contribution in [3.8, 4) is 6.07 Å². The number of rotatable bonds is 2. The fourth-order valence-electron chi connectivity index (χ4n) is 1.30. The Morgan fingerprint density at radius 2 is 1.71 bits per heavy atom. The molecule has 0 unspecified atom stereocenters. The van der Waals surface area contributed by atoms with E-state index in [9.17, 15) is 0 Å². The van der Waals surface area contributed by atoms with Crippen LogP contribution in [-0.2, 0) is 0 Å². The molecule has 0 aromatic heterocycles. The summed E-state index contributed by atoms with van der Waals surface area (Å²) in [6, 6.07) is 15.6. The van der Waals surface area contributed by atoms with Crippen LogP contribution in [0.25, 0.3) is 0 Å². The molecule has 0 aliphatic heterocycles. The van der Waals surface area contributed by atoms with Crippen LogP contribution in [0.2, 0.25) is 0 Å². The molecule has 0 radical (unpaired) electrons. The van der Waals surface area contributed by atoms with Crippen molar-refractivity contribution in [3.05, 3.63) is 51.6 Å². The van der Waals surface area contributed by atoms with E-state index in [4.69, 9.17) is 11.0 Å². The quantitative estimate of drug-likeness (QED) is 0.659. The molecule has 84 valence electrons. The van der Waals surface area contributed by atoms with Crippen molar-refractivity contribution >= 4 is 40.0 Å². The summed E-state index contributed by atoms with van der Waals surface area (Å²) in [5.41, 5.74) is 7.25. The van der Waals surface area contributed by atoms with Gasteiger partial charge in [0.05, 0.1) is 11.6 Å². The lowest BCUT2D eigenvalue weighted by atomic mass is 10.2. The average molecular weight is 352 g/mol. The molecule has 0 saturated heterocycles. The van der Waals surface area contributed by atoms with E-state index in [0.29, 0.717) is 5.56 Å². The van der Waals surface area contributed by atoms with Crippen LogP contribution in [0, 0.1) is 14.9 Å². The van der Waals surface area contributed by atoms with E-state index >= 15 is 0 Å². The average Bonchev–Trinajstić information content (AvgIpc) is 2.35. The number of benzene rings is 2. The minimum Gasteiger partial charge on any atom is -0.398 e. The van der Waals surface area contributed by atoms with Gasteiger partial charge in [-0.05, 0) is 65.1 Å². The van der Waals surface area contributed by atoms with Crippen LogP contribution in [0.3, 0.4) is 0 Å². The monoisotopic (exact) mass is 352 g/mol. The summed E-state index contributed by atoms with van der Waals surface area (Å²) in [7, 11) is 0. The molecule has 0 fully saturated rings. The van der Waals surface area contributed by atoms with Crippen LogP contribution in [0.1, 0.15) is 5.56 Å². The first kappa shape index (κ1) is 12.3. The third-order valence-corrected chi connectivity index (χ3v) is 4.12. The number of nitrogen functional groups attached to an aromatic ring is 1. The van der Waals surface area contributed by atoms with Crippen molar-refractivity contribution in [2.24, 2.45) is 0 Å². The molecule has 2 nitrogen and oxygen atoms in total. The molecule has 0 saturated carbocycles. The number of nitriles is 1. The van der Waals surface area contributed by atoms with Gasteiger partial charge >= 0.3 is 0 Å². The number of hydrogen-bond acceptors (Lipinski definition) is 3. The topological polar surface area (TPSA) is 49.8 Å². The maximum Gasteiger partial charge on any atom is 0.0991 e. The lowest BCUT2D eigenvalue weighted by Gasteiger charge is -2.04. The predicted molar refractivity (Wildman–Crippen MR) is 78.9 cm³/mol. The normalized spacial score (nSPS) is 9.88. The van der Waals surface area contributed by atoms with Gasteiger partial charge in [0.2, 0.25) is 0 Å². The van der Waals surface area contributed by atoms with Gasteiger partial charge in [-0.25, -0.2) is 0 Å². The van der Waals surface area contributed by atoms with Gasteiger partial charge in [0.15, 0.2) is 0 Å². The highest BCUT2D eigenvalue weighted by Gasteiger charge is 2.01. The van der Waals surface area contributed by atoms with Crippen molar-refractivity contribution in [3.63, 3.8) is 0 Å². The smallest absolute Gasteiger partial charge is 0.0991 e. The Labute approximate surface area is 118 Å². The van der Waals surface area contributed by atoms with Gasteiger partial charge < -0.3 is 5.73 Å². The van der Waals surface area contributed by atoms with Crippen molar-refractivity contribution in [2.75, 3.05) is 5.73 Å². The largest absolute Gasteiger partial charge is 0.398 e. The Morgan fingerprint density at radius 3 is 2.29 bits per heavy atom. The zero-order chi connectivity index (χ0) is 12.3. The first-order valence-electron chi connectivity index (χ1n) is 4.92. The molecule has 0 aliphatic rings. The highest BCUT2D eigenvalue weighted by atomic mass is 127. The third-order valence-electron chi connectivity index (χ3n) is 2.19. The predicted octanol–water partition coefficient (Wildman–Crippen LogP) is 3.90. The lowest BCUT2D eigenvalue weighted by Crippen LogP contribution is -1.88. The van der Waals surface area contributed by atoms with Crippen LogP contribution < -0.4 is 5.73 Å². The fraction of sp³-hybridized carbons (Fsp3) is 0. The van der Waals surface area contributed by atoms with Crippen LogP contribution in [-0.4, -0.2) is 0 Å². The van der Waals surface area contributed by atoms with Crippen molar-refractivity contribution in [1.29, 1.82) is 5.26 Å². The molecule has 2 rings (SSSR count). The van der Waals surface area contributed by atoms with Crippen molar-refractivity contribution in [2.45, 2.75) is 9.79 Å². The van der Waals surface area contributed by atoms with Gasteiger partial charge in [0.1, 0.15) is 0 Å². The summed E-state index contributed by atoms with van der Waals surface area (Å²) in [6.45, 7) is 0. The summed E-state index contributed by atoms with van der Waals surface area (Å²) in [4.78, 5) is 2.26. The van der Waals surface area contributed by atoms with Gasteiger partial charge in [-0.15, -0.1) is 0 Å². The Morgan fingerprint density at radius 1 is 1.06 bits per heavy atom. The minimum atomic E-state index is 0.682. The van der Waals surface area contributed by atoms with Crippen molar-refractivity contribution in [1.82, 2.24) is 0 Å². The molecule has 4 heteroatoms. The summed E-state index contributed by atoms with van der Waals surface area (Å²) in [5, 5.41) is 8.71. The van der Waals surface area contributed by atoms with Gasteiger partial charge in [0.25, 0.3) is 0 Å². The number of nitrogens with zero attached hydrogens (tertiary/aromatic N) is 1. The maximum atomic E-state index is 8.71. The third kappa shape index (κ3) is 3.14. The molecule has 0 spiro atoms. The molecule has 0 aliphatic carbocycles. The summed E-state index contributed by atoms with van der Waals surface area (Å²) >= 11 is 3.88. The number of hydrogen-bond donors (Lipinski definition) is 1. The van der Waals surface area contributed by atoms with E-state index in [2.05, 4.69) is 34.7 Å². The Kier molecular flexibility index (Phi) is 3.92. The second-order valence-electron chi connectivity index (χ2n) is 3.42. The first-order valence-corrected chi connectivity index (χ1v) is 6.81. The van der Waals surface area contributed by atoms with Crippen LogP contribution in [0.15, 0.2) is 52.3 Å². The van der Waals surface area contributed by atoms with E-state index in [0.717, 1.165) is 19.0 Å². The van der Waals surface area contributed by atoms with E-state index < -0.39 is 0 Å². The number of halogens is 1. The number of anilines is 1. The van der Waals surface area contributed by atoms with Gasteiger partial charge in [-0.2, -0.15) is 5.26 Å². The second kappa shape index (κ2) is 5.43. The zero-order valence-electron chi connectivity index (χ0n) is 8.85. The van der Waals surface area contributed by atoms with E-state index in [1.54, 1.807) is 11.8 Å². The molecule has 17 heavy (non-hydrogen) atoms. The lowest BCUT2D eigenvalue weighted by molar-refractivity contribution is 1.38. The van der Waals surface area contributed by atoms with Gasteiger partial charge in [0, 0.05) is 19.0 Å². The minimum absolute atomic E-state index is 0.682. The van der Waals surface area contributed by atoms with Crippen LogP contribution in [0.5, 0.6) is 0 Å². The SMILES string of the molecule is N#Cc1ccc(Sc2ccc(N)c(I)c2)cc1. The van der Waals surface area contributed by atoms with E-state index in [-0.39, 0.29) is 0 Å². The molecule has 0 bridgehead atoms. The molecular formula is C13H9IN2S. The molecule has 0 heterocycles. The molecule has 0 atom stereocenters. The van der Waals surface area contributed by atoms with Crippen molar-refractivity contribution < 1.29 is 0 Å². The fourth-order valence-corrected chi connectivity index (χ4v) is 2.89. The molecule has 2 N–H and O–H groups in total. The zero-order valence-corrected chi connectivity index (χ0v) is 11.8. The molecule has 2 aromatic carbocycles. The van der Waals surface area contributed by atoms with Gasteiger partial charge in [-0.3, -0.25) is 0 Å². The van der Waals surface area contributed by atoms with E-state index in [1.165, 1.54) is 0 Å². The van der Waals surface area contributed by atoms with Crippen LogP contribution in [0.4, 0.5) is 5.69 Å².